The predicted octanol–water partition coefficient (Wildman–Crippen LogP) is 2.40. The lowest BCUT2D eigenvalue weighted by atomic mass is 9.86. The van der Waals surface area contributed by atoms with E-state index in [1.54, 1.807) is 6.07 Å². The van der Waals surface area contributed by atoms with Crippen LogP contribution in [-0.4, -0.2) is 15.5 Å². The molecule has 0 radical (unpaired) electrons. The monoisotopic (exact) mass is 321 g/mol. The van der Waals surface area contributed by atoms with Crippen LogP contribution in [0.1, 0.15) is 26.3 Å². The third kappa shape index (κ3) is 3.00. The lowest BCUT2D eigenvalue weighted by Crippen LogP contribution is -2.19. The van der Waals surface area contributed by atoms with Gasteiger partial charge in [-0.1, -0.05) is 26.8 Å². The molecule has 0 heterocycles. The summed E-state index contributed by atoms with van der Waals surface area (Å²) in [6.07, 6.45) is 0. The number of primary sulfonamides is 1. The standard InChI is InChI=1S/C11H16BrNO3S/c1-11(2,3)7-5-6-8(12)10(9(7)16-4)17(13,14)15/h5-6H,1-4H3,(H2,13,14,15). The average molecular weight is 322 g/mol. The number of hydrogen-bond donors (Lipinski definition) is 1. The van der Waals surface area contributed by atoms with E-state index >= 15 is 0 Å². The minimum Gasteiger partial charge on any atom is -0.495 e. The fourth-order valence-corrected chi connectivity index (χ4v) is 3.38. The summed E-state index contributed by atoms with van der Waals surface area (Å²) in [5, 5.41) is 5.21. The van der Waals surface area contributed by atoms with Crippen molar-refractivity contribution in [2.24, 2.45) is 5.14 Å². The summed E-state index contributed by atoms with van der Waals surface area (Å²) in [5.41, 5.74) is 0.568. The number of methoxy groups -OCH3 is 1. The number of sulfonamides is 1. The lowest BCUT2D eigenvalue weighted by Gasteiger charge is -2.23. The van der Waals surface area contributed by atoms with Gasteiger partial charge >= 0.3 is 0 Å². The summed E-state index contributed by atoms with van der Waals surface area (Å²) in [6.45, 7) is 5.93. The second kappa shape index (κ2) is 4.59. The van der Waals surface area contributed by atoms with Crippen LogP contribution in [0.3, 0.4) is 0 Å². The van der Waals surface area contributed by atoms with Crippen molar-refractivity contribution in [1.82, 2.24) is 0 Å². The van der Waals surface area contributed by atoms with Gasteiger partial charge in [-0.15, -0.1) is 0 Å². The third-order valence-corrected chi connectivity index (χ3v) is 4.26. The molecule has 4 nitrogen and oxygen atoms in total. The third-order valence-electron chi connectivity index (χ3n) is 2.36. The number of hydrogen-bond acceptors (Lipinski definition) is 3. The fourth-order valence-electron chi connectivity index (χ4n) is 1.60. The van der Waals surface area contributed by atoms with E-state index < -0.39 is 10.0 Å². The summed E-state index contributed by atoms with van der Waals surface area (Å²) in [4.78, 5) is -0.00701. The molecule has 1 aromatic carbocycles. The molecule has 0 aliphatic heterocycles. The van der Waals surface area contributed by atoms with Crippen molar-refractivity contribution in [3.8, 4) is 5.75 Å². The van der Waals surface area contributed by atoms with Gasteiger partial charge in [0.15, 0.2) is 0 Å². The van der Waals surface area contributed by atoms with E-state index in [0.717, 1.165) is 5.56 Å². The van der Waals surface area contributed by atoms with Crippen LogP contribution >= 0.6 is 15.9 Å². The van der Waals surface area contributed by atoms with Gasteiger partial charge in [-0.05, 0) is 27.4 Å². The van der Waals surface area contributed by atoms with Gasteiger partial charge in [0.05, 0.1) is 7.11 Å². The highest BCUT2D eigenvalue weighted by atomic mass is 79.9. The number of nitrogens with two attached hydrogens (primary N) is 1. The predicted molar refractivity (Wildman–Crippen MR) is 70.8 cm³/mol. The van der Waals surface area contributed by atoms with Gasteiger partial charge in [-0.25, -0.2) is 13.6 Å². The van der Waals surface area contributed by atoms with Gasteiger partial charge in [0.1, 0.15) is 10.6 Å². The molecule has 0 aliphatic carbocycles. The topological polar surface area (TPSA) is 69.4 Å². The Balaban J connectivity index is 3.72. The first-order valence-corrected chi connectivity index (χ1v) is 7.32. The smallest absolute Gasteiger partial charge is 0.242 e. The van der Waals surface area contributed by atoms with E-state index in [1.165, 1.54) is 7.11 Å². The Morgan fingerprint density at radius 2 is 1.82 bits per heavy atom. The summed E-state index contributed by atoms with van der Waals surface area (Å²) < 4.78 is 28.8. The molecule has 6 heteroatoms. The molecule has 1 aromatic rings. The molecule has 0 fully saturated rings. The van der Waals surface area contributed by atoms with Crippen LogP contribution in [-0.2, 0) is 15.4 Å². The maximum absolute atomic E-state index is 11.6. The maximum Gasteiger partial charge on any atom is 0.242 e. The number of rotatable bonds is 2. The summed E-state index contributed by atoms with van der Waals surface area (Å²) >= 11 is 3.19. The highest BCUT2D eigenvalue weighted by Crippen LogP contribution is 2.39. The molecule has 0 unspecified atom stereocenters. The van der Waals surface area contributed by atoms with Gasteiger partial charge in [0.2, 0.25) is 10.0 Å². The van der Waals surface area contributed by atoms with Crippen LogP contribution < -0.4 is 9.88 Å². The molecule has 96 valence electrons. The van der Waals surface area contributed by atoms with E-state index in [0.29, 0.717) is 10.2 Å². The Morgan fingerprint density at radius 3 is 2.18 bits per heavy atom. The van der Waals surface area contributed by atoms with Gasteiger partial charge in [0, 0.05) is 10.0 Å². The van der Waals surface area contributed by atoms with Crippen LogP contribution in [0.15, 0.2) is 21.5 Å². The second-order valence-corrected chi connectivity index (χ2v) is 7.10. The van der Waals surface area contributed by atoms with Gasteiger partial charge in [-0.2, -0.15) is 0 Å². The minimum atomic E-state index is -3.83. The van der Waals surface area contributed by atoms with Crippen LogP contribution in [0.25, 0.3) is 0 Å². The molecule has 0 spiro atoms. The molecule has 0 aromatic heterocycles. The van der Waals surface area contributed by atoms with Crippen molar-refractivity contribution < 1.29 is 13.2 Å². The highest BCUT2D eigenvalue weighted by molar-refractivity contribution is 9.10. The lowest BCUT2D eigenvalue weighted by molar-refractivity contribution is 0.385. The molecular formula is C11H16BrNO3S. The van der Waals surface area contributed by atoms with Crippen molar-refractivity contribution >= 4 is 26.0 Å². The summed E-state index contributed by atoms with van der Waals surface area (Å²) in [6, 6.07) is 3.50. The van der Waals surface area contributed by atoms with Crippen LogP contribution in [0, 0.1) is 0 Å². The molecule has 0 aliphatic rings. The fraction of sp³-hybridized carbons (Fsp3) is 0.455. The Bertz CT molecular complexity index is 532. The van der Waals surface area contributed by atoms with Crippen molar-refractivity contribution in [1.29, 1.82) is 0 Å². The van der Waals surface area contributed by atoms with Gasteiger partial charge < -0.3 is 4.74 Å². The molecule has 0 saturated heterocycles. The van der Waals surface area contributed by atoms with Crippen molar-refractivity contribution in [3.63, 3.8) is 0 Å². The zero-order valence-corrected chi connectivity index (χ0v) is 12.6. The van der Waals surface area contributed by atoms with E-state index in [9.17, 15) is 8.42 Å². The van der Waals surface area contributed by atoms with Crippen LogP contribution in [0.2, 0.25) is 0 Å². The van der Waals surface area contributed by atoms with Crippen molar-refractivity contribution in [2.45, 2.75) is 31.1 Å². The van der Waals surface area contributed by atoms with Crippen molar-refractivity contribution in [2.75, 3.05) is 7.11 Å². The zero-order chi connectivity index (χ0) is 13.4. The Hall–Kier alpha value is -0.590. The Kier molecular flexibility index (Phi) is 3.91. The Labute approximate surface area is 110 Å². The molecule has 2 N–H and O–H groups in total. The summed E-state index contributed by atoms with van der Waals surface area (Å²) in [5.74, 6) is 0.300. The average Bonchev–Trinajstić information content (AvgIpc) is 2.12. The van der Waals surface area contributed by atoms with Gasteiger partial charge in [0.25, 0.3) is 0 Å². The van der Waals surface area contributed by atoms with E-state index in [1.807, 2.05) is 26.8 Å². The van der Waals surface area contributed by atoms with Gasteiger partial charge in [-0.3, -0.25) is 0 Å². The molecule has 17 heavy (non-hydrogen) atoms. The number of halogens is 1. The largest absolute Gasteiger partial charge is 0.495 e. The first kappa shape index (κ1) is 14.5. The SMILES string of the molecule is COc1c(C(C)(C)C)ccc(Br)c1S(N)(=O)=O. The molecule has 0 saturated carbocycles. The number of ether oxygens (including phenoxy) is 1. The second-order valence-electron chi connectivity index (χ2n) is 4.75. The van der Waals surface area contributed by atoms with E-state index in [2.05, 4.69) is 15.9 Å². The van der Waals surface area contributed by atoms with Crippen molar-refractivity contribution in [3.05, 3.63) is 22.2 Å². The summed E-state index contributed by atoms with van der Waals surface area (Å²) in [7, 11) is -2.39. The van der Waals surface area contributed by atoms with Crippen LogP contribution in [0.4, 0.5) is 0 Å². The van der Waals surface area contributed by atoms with Crippen LogP contribution in [0.5, 0.6) is 5.75 Å². The minimum absolute atomic E-state index is 0.00701. The molecule has 0 atom stereocenters. The first-order chi connectivity index (χ1) is 7.59. The highest BCUT2D eigenvalue weighted by Gasteiger charge is 2.27. The zero-order valence-electron chi connectivity index (χ0n) is 10.2. The van der Waals surface area contributed by atoms with E-state index in [4.69, 9.17) is 9.88 Å². The first-order valence-electron chi connectivity index (χ1n) is 4.99. The molecule has 1 rings (SSSR count). The maximum atomic E-state index is 11.6. The van der Waals surface area contributed by atoms with E-state index in [-0.39, 0.29) is 10.3 Å². The normalized spacial score (nSPS) is 12.6. The number of benzene rings is 1. The quantitative estimate of drug-likeness (QED) is 0.909. The molecule has 0 amide bonds. The molecular weight excluding hydrogens is 306 g/mol. The Morgan fingerprint density at radius 1 is 1.29 bits per heavy atom. The molecule has 0 bridgehead atoms.